The third kappa shape index (κ3) is 4.71. The number of carbonyl (C=O) groups is 1. The number of nitrogens with zero attached hydrogens (tertiary/aromatic N) is 1. The molecule has 0 unspecified atom stereocenters. The maximum absolute atomic E-state index is 13.0. The summed E-state index contributed by atoms with van der Waals surface area (Å²) in [5, 5.41) is 3.10. The van der Waals surface area contributed by atoms with Gasteiger partial charge in [-0.25, -0.2) is 0 Å². The number of hydrogen-bond donors (Lipinski definition) is 1. The molecule has 0 saturated heterocycles. The molecular weight excluding hydrogens is 401 g/mol. The van der Waals surface area contributed by atoms with Crippen molar-refractivity contribution in [3.63, 3.8) is 0 Å². The van der Waals surface area contributed by atoms with Gasteiger partial charge in [-0.2, -0.15) is 13.2 Å². The zero-order valence-electron chi connectivity index (χ0n) is 15.7. The summed E-state index contributed by atoms with van der Waals surface area (Å²) in [6.45, 7) is 1.75. The molecule has 1 N–H and O–H groups in total. The van der Waals surface area contributed by atoms with Crippen molar-refractivity contribution >= 4 is 34.6 Å². The normalized spacial score (nSPS) is 11.2. The highest BCUT2D eigenvalue weighted by molar-refractivity contribution is 6.34. The number of benzene rings is 3. The van der Waals surface area contributed by atoms with Gasteiger partial charge < -0.3 is 10.2 Å². The fraction of sp³-hybridized carbons (Fsp3) is 0.136. The van der Waals surface area contributed by atoms with Crippen molar-refractivity contribution in [2.45, 2.75) is 13.1 Å². The quantitative estimate of drug-likeness (QED) is 0.512. The molecule has 3 aromatic rings. The molecular formula is C22H18ClF3N2O. The molecule has 0 aromatic heterocycles. The molecule has 0 fully saturated rings. The van der Waals surface area contributed by atoms with Gasteiger partial charge in [0.2, 0.25) is 0 Å². The molecule has 0 radical (unpaired) electrons. The van der Waals surface area contributed by atoms with Crippen LogP contribution < -0.4 is 10.2 Å². The van der Waals surface area contributed by atoms with E-state index in [-0.39, 0.29) is 5.91 Å². The Balaban J connectivity index is 1.80. The second kappa shape index (κ2) is 8.17. The van der Waals surface area contributed by atoms with Crippen molar-refractivity contribution in [2.24, 2.45) is 0 Å². The van der Waals surface area contributed by atoms with E-state index in [1.807, 2.05) is 0 Å². The molecule has 0 bridgehead atoms. The lowest BCUT2D eigenvalue weighted by Gasteiger charge is -2.23. The minimum absolute atomic E-state index is 0.342. The molecule has 0 saturated carbocycles. The highest BCUT2D eigenvalue weighted by Crippen LogP contribution is 2.35. The van der Waals surface area contributed by atoms with E-state index in [9.17, 15) is 18.0 Å². The number of carbonyl (C=O) groups excluding carboxylic acids is 1. The minimum Gasteiger partial charge on any atom is -0.344 e. The van der Waals surface area contributed by atoms with Crippen molar-refractivity contribution in [1.29, 1.82) is 0 Å². The van der Waals surface area contributed by atoms with E-state index in [4.69, 9.17) is 11.6 Å². The molecule has 3 nitrogen and oxygen atoms in total. The van der Waals surface area contributed by atoms with Gasteiger partial charge in [-0.1, -0.05) is 29.8 Å². The van der Waals surface area contributed by atoms with Gasteiger partial charge >= 0.3 is 6.18 Å². The van der Waals surface area contributed by atoms with Crippen molar-refractivity contribution in [1.82, 2.24) is 0 Å². The Morgan fingerprint density at radius 2 is 1.66 bits per heavy atom. The molecule has 0 spiro atoms. The van der Waals surface area contributed by atoms with Crippen LogP contribution in [0.25, 0.3) is 0 Å². The van der Waals surface area contributed by atoms with Crippen molar-refractivity contribution in [2.75, 3.05) is 17.3 Å². The van der Waals surface area contributed by atoms with E-state index in [0.717, 1.165) is 17.7 Å². The number of anilines is 3. The molecule has 0 atom stereocenters. The minimum atomic E-state index is -4.41. The first kappa shape index (κ1) is 20.7. The van der Waals surface area contributed by atoms with Gasteiger partial charge in [0.25, 0.3) is 5.91 Å². The monoisotopic (exact) mass is 418 g/mol. The first-order chi connectivity index (χ1) is 13.7. The van der Waals surface area contributed by atoms with E-state index in [1.54, 1.807) is 67.4 Å². The number of amides is 1. The van der Waals surface area contributed by atoms with E-state index < -0.39 is 11.7 Å². The van der Waals surface area contributed by atoms with Gasteiger partial charge in [0.05, 0.1) is 16.1 Å². The van der Waals surface area contributed by atoms with Crippen LogP contribution >= 0.6 is 11.6 Å². The van der Waals surface area contributed by atoms with E-state index in [0.29, 0.717) is 27.6 Å². The van der Waals surface area contributed by atoms with Gasteiger partial charge in [0.1, 0.15) is 0 Å². The van der Waals surface area contributed by atoms with E-state index in [2.05, 4.69) is 5.32 Å². The lowest BCUT2D eigenvalue weighted by molar-refractivity contribution is -0.137. The fourth-order valence-electron chi connectivity index (χ4n) is 2.90. The van der Waals surface area contributed by atoms with Gasteiger partial charge in [0, 0.05) is 24.1 Å². The summed E-state index contributed by atoms with van der Waals surface area (Å²) in [5.74, 6) is -0.342. The summed E-state index contributed by atoms with van der Waals surface area (Å²) in [4.78, 5) is 14.0. The summed E-state index contributed by atoms with van der Waals surface area (Å²) >= 11 is 6.03. The summed E-state index contributed by atoms with van der Waals surface area (Å²) in [6.07, 6.45) is -4.41. The maximum atomic E-state index is 13.0. The van der Waals surface area contributed by atoms with Crippen LogP contribution in [0.4, 0.5) is 30.2 Å². The largest absolute Gasteiger partial charge is 0.416 e. The summed E-state index contributed by atoms with van der Waals surface area (Å²) < 4.78 is 39.1. The molecule has 7 heteroatoms. The van der Waals surface area contributed by atoms with Crippen LogP contribution in [0, 0.1) is 6.92 Å². The molecule has 3 aromatic carbocycles. The summed E-state index contributed by atoms with van der Waals surface area (Å²) in [5.41, 5.74) is 2.06. The van der Waals surface area contributed by atoms with Crippen LogP contribution in [-0.2, 0) is 6.18 Å². The van der Waals surface area contributed by atoms with Crippen LogP contribution in [0.5, 0.6) is 0 Å². The van der Waals surface area contributed by atoms with Crippen LogP contribution in [0.15, 0.2) is 66.7 Å². The average molecular weight is 419 g/mol. The molecule has 0 aliphatic rings. The fourth-order valence-corrected chi connectivity index (χ4v) is 3.12. The molecule has 0 aliphatic carbocycles. The Morgan fingerprint density at radius 3 is 2.28 bits per heavy atom. The number of rotatable bonds is 4. The first-order valence-electron chi connectivity index (χ1n) is 8.74. The molecule has 3 rings (SSSR count). The van der Waals surface area contributed by atoms with Gasteiger partial charge in [-0.05, 0) is 61.0 Å². The summed E-state index contributed by atoms with van der Waals surface area (Å²) in [7, 11) is 1.69. The SMILES string of the molecule is Cc1ccc(C(F)(F)F)cc1N(C)c1ccc(NC(=O)c2ccccc2Cl)cc1. The lowest BCUT2D eigenvalue weighted by atomic mass is 10.1. The predicted molar refractivity (Wildman–Crippen MR) is 110 cm³/mol. The van der Waals surface area contributed by atoms with Crippen LogP contribution in [-0.4, -0.2) is 13.0 Å². The van der Waals surface area contributed by atoms with Crippen LogP contribution in [0.3, 0.4) is 0 Å². The van der Waals surface area contributed by atoms with Crippen molar-refractivity contribution in [3.05, 3.63) is 88.4 Å². The molecule has 0 aliphatic heterocycles. The average Bonchev–Trinajstić information content (AvgIpc) is 2.68. The summed E-state index contributed by atoms with van der Waals surface area (Å²) in [6, 6.07) is 17.2. The Kier molecular flexibility index (Phi) is 5.84. The van der Waals surface area contributed by atoms with E-state index in [1.165, 1.54) is 6.07 Å². The highest BCUT2D eigenvalue weighted by atomic mass is 35.5. The molecule has 150 valence electrons. The Morgan fingerprint density at radius 1 is 1.00 bits per heavy atom. The second-order valence-electron chi connectivity index (χ2n) is 6.54. The Hall–Kier alpha value is -2.99. The third-order valence-electron chi connectivity index (χ3n) is 4.53. The molecule has 29 heavy (non-hydrogen) atoms. The lowest BCUT2D eigenvalue weighted by Crippen LogP contribution is -2.14. The third-order valence-corrected chi connectivity index (χ3v) is 4.86. The van der Waals surface area contributed by atoms with Gasteiger partial charge in [-0.15, -0.1) is 0 Å². The number of alkyl halides is 3. The van der Waals surface area contributed by atoms with Crippen LogP contribution in [0.2, 0.25) is 5.02 Å². The highest BCUT2D eigenvalue weighted by Gasteiger charge is 2.31. The zero-order valence-corrected chi connectivity index (χ0v) is 16.5. The standard InChI is InChI=1S/C22H18ClF3N2O/c1-14-7-8-15(22(24,25)26)13-20(14)28(2)17-11-9-16(10-12-17)27-21(29)18-5-3-4-6-19(18)23/h3-13H,1-2H3,(H,27,29). The van der Waals surface area contributed by atoms with Gasteiger partial charge in [0.15, 0.2) is 0 Å². The van der Waals surface area contributed by atoms with E-state index >= 15 is 0 Å². The zero-order chi connectivity index (χ0) is 21.2. The number of halogens is 4. The smallest absolute Gasteiger partial charge is 0.344 e. The van der Waals surface area contributed by atoms with Crippen LogP contribution in [0.1, 0.15) is 21.5 Å². The number of nitrogens with one attached hydrogen (secondary N) is 1. The number of aryl methyl sites for hydroxylation is 1. The second-order valence-corrected chi connectivity index (χ2v) is 6.95. The van der Waals surface area contributed by atoms with Crippen molar-refractivity contribution < 1.29 is 18.0 Å². The molecule has 1 amide bonds. The topological polar surface area (TPSA) is 32.3 Å². The Labute approximate surface area is 171 Å². The maximum Gasteiger partial charge on any atom is 0.416 e. The first-order valence-corrected chi connectivity index (χ1v) is 9.12. The van der Waals surface area contributed by atoms with Gasteiger partial charge in [-0.3, -0.25) is 4.79 Å². The predicted octanol–water partition coefficient (Wildman–Crippen LogP) is 6.69. The number of hydrogen-bond acceptors (Lipinski definition) is 2. The van der Waals surface area contributed by atoms with Crippen molar-refractivity contribution in [3.8, 4) is 0 Å². The molecule has 0 heterocycles. The Bertz CT molecular complexity index is 1030.